The van der Waals surface area contributed by atoms with Crippen molar-refractivity contribution in [1.82, 2.24) is 15.0 Å². The molecule has 2 heterocycles. The maximum atomic E-state index is 12.3. The van der Waals surface area contributed by atoms with Crippen molar-refractivity contribution in [2.75, 3.05) is 50.5 Å². The second-order valence-electron chi connectivity index (χ2n) is 6.22. The van der Waals surface area contributed by atoms with E-state index in [4.69, 9.17) is 9.72 Å². The number of carbonyl (C=O) groups excluding carboxylic acids is 1. The summed E-state index contributed by atoms with van der Waals surface area (Å²) in [5, 5.41) is 3.76. The Bertz CT molecular complexity index is 713. The van der Waals surface area contributed by atoms with Crippen molar-refractivity contribution < 1.29 is 17.9 Å². The quantitative estimate of drug-likeness (QED) is 0.697. The van der Waals surface area contributed by atoms with E-state index in [1.165, 1.54) is 11.9 Å². The van der Waals surface area contributed by atoms with Crippen LogP contribution < -0.4 is 14.9 Å². The highest BCUT2D eigenvalue weighted by Crippen LogP contribution is 2.34. The number of hydrogen-bond acceptors (Lipinski definition) is 7. The molecule has 3 rings (SSSR count). The van der Waals surface area contributed by atoms with E-state index in [1.807, 2.05) is 0 Å². The smallest absolute Gasteiger partial charge is 0.223 e. The fourth-order valence-electron chi connectivity index (χ4n) is 3.03. The molecular weight excluding hydrogens is 364 g/mol. The van der Waals surface area contributed by atoms with Gasteiger partial charge < -0.3 is 15.0 Å². The summed E-state index contributed by atoms with van der Waals surface area (Å²) in [5.74, 6) is -0.326. The summed E-state index contributed by atoms with van der Waals surface area (Å²) in [5.41, 5.74) is 1.01. The summed E-state index contributed by atoms with van der Waals surface area (Å²) >= 11 is 1.72. The minimum Gasteiger partial charge on any atom is -0.378 e. The SMILES string of the molecule is CNS(=O)(=O)CCNC(=O)C1CCc2sc(N3CCOCC3)nc2C1. The van der Waals surface area contributed by atoms with Crippen LogP contribution in [0.2, 0.25) is 0 Å². The molecule has 8 nitrogen and oxygen atoms in total. The summed E-state index contributed by atoms with van der Waals surface area (Å²) in [6.07, 6.45) is 2.26. The van der Waals surface area contributed by atoms with Gasteiger partial charge in [-0.15, -0.1) is 11.3 Å². The van der Waals surface area contributed by atoms with Gasteiger partial charge in [0.2, 0.25) is 15.9 Å². The number of anilines is 1. The molecule has 10 heteroatoms. The van der Waals surface area contributed by atoms with Crippen molar-refractivity contribution >= 4 is 32.4 Å². The summed E-state index contributed by atoms with van der Waals surface area (Å²) < 4.78 is 30.4. The van der Waals surface area contributed by atoms with Crippen LogP contribution in [0.25, 0.3) is 0 Å². The van der Waals surface area contributed by atoms with Crippen LogP contribution in [0.15, 0.2) is 0 Å². The summed E-state index contributed by atoms with van der Waals surface area (Å²) in [6.45, 7) is 3.30. The first-order chi connectivity index (χ1) is 12.0. The molecule has 0 bridgehead atoms. The van der Waals surface area contributed by atoms with Gasteiger partial charge in [0.1, 0.15) is 0 Å². The predicted octanol–water partition coefficient (Wildman–Crippen LogP) is -0.250. The molecule has 25 heavy (non-hydrogen) atoms. The lowest BCUT2D eigenvalue weighted by atomic mass is 9.90. The highest BCUT2D eigenvalue weighted by Gasteiger charge is 2.28. The number of morpholine rings is 1. The van der Waals surface area contributed by atoms with E-state index >= 15 is 0 Å². The number of aromatic nitrogens is 1. The largest absolute Gasteiger partial charge is 0.378 e. The molecule has 1 aliphatic carbocycles. The van der Waals surface area contributed by atoms with Gasteiger partial charge in [0, 0.05) is 36.9 Å². The van der Waals surface area contributed by atoms with Crippen molar-refractivity contribution in [3.05, 3.63) is 10.6 Å². The summed E-state index contributed by atoms with van der Waals surface area (Å²) in [6, 6.07) is 0. The number of rotatable bonds is 6. The number of nitrogens with one attached hydrogen (secondary N) is 2. The van der Waals surface area contributed by atoms with E-state index in [2.05, 4.69) is 14.9 Å². The number of nitrogens with zero attached hydrogens (tertiary/aromatic N) is 2. The fourth-order valence-corrected chi connectivity index (χ4v) is 4.76. The Morgan fingerprint density at radius 3 is 2.88 bits per heavy atom. The molecule has 1 unspecified atom stereocenters. The number of fused-ring (bicyclic) bond motifs is 1. The molecule has 2 N–H and O–H groups in total. The Labute approximate surface area is 152 Å². The highest BCUT2D eigenvalue weighted by atomic mass is 32.2. The Balaban J connectivity index is 1.55. The molecule has 1 aromatic rings. The van der Waals surface area contributed by atoms with Crippen LogP contribution in [0.4, 0.5) is 5.13 Å². The minimum absolute atomic E-state index is 0.0853. The number of amides is 1. The summed E-state index contributed by atoms with van der Waals surface area (Å²) in [4.78, 5) is 20.6. The second kappa shape index (κ2) is 7.98. The molecule has 1 saturated heterocycles. The predicted molar refractivity (Wildman–Crippen MR) is 96.5 cm³/mol. The number of hydrogen-bond donors (Lipinski definition) is 2. The Morgan fingerprint density at radius 2 is 2.16 bits per heavy atom. The number of aryl methyl sites for hydroxylation is 1. The molecular formula is C15H24N4O4S2. The average molecular weight is 389 g/mol. The molecule has 1 atom stereocenters. The first-order valence-electron chi connectivity index (χ1n) is 8.48. The molecule has 1 aliphatic heterocycles. The number of ether oxygens (including phenoxy) is 1. The topological polar surface area (TPSA) is 101 Å². The van der Waals surface area contributed by atoms with Crippen molar-refractivity contribution in [3.8, 4) is 0 Å². The van der Waals surface area contributed by atoms with Crippen LogP contribution in [0, 0.1) is 5.92 Å². The molecule has 0 radical (unpaired) electrons. The van der Waals surface area contributed by atoms with Gasteiger partial charge in [0.25, 0.3) is 0 Å². The van der Waals surface area contributed by atoms with Crippen LogP contribution in [-0.2, 0) is 32.4 Å². The van der Waals surface area contributed by atoms with Crippen LogP contribution in [0.1, 0.15) is 17.0 Å². The van der Waals surface area contributed by atoms with Crippen molar-refractivity contribution in [3.63, 3.8) is 0 Å². The van der Waals surface area contributed by atoms with Gasteiger partial charge in [-0.25, -0.2) is 18.1 Å². The van der Waals surface area contributed by atoms with E-state index in [-0.39, 0.29) is 24.1 Å². The first-order valence-corrected chi connectivity index (χ1v) is 11.0. The Morgan fingerprint density at radius 1 is 1.40 bits per heavy atom. The van der Waals surface area contributed by atoms with Gasteiger partial charge in [-0.1, -0.05) is 0 Å². The molecule has 1 fully saturated rings. The maximum Gasteiger partial charge on any atom is 0.223 e. The van der Waals surface area contributed by atoms with Crippen LogP contribution in [0.5, 0.6) is 0 Å². The zero-order valence-corrected chi connectivity index (χ0v) is 15.9. The van der Waals surface area contributed by atoms with Gasteiger partial charge in [0.15, 0.2) is 5.13 Å². The molecule has 1 amide bonds. The summed E-state index contributed by atoms with van der Waals surface area (Å²) in [7, 11) is -1.93. The Hall–Kier alpha value is -1.23. The minimum atomic E-state index is -3.29. The lowest BCUT2D eigenvalue weighted by molar-refractivity contribution is -0.125. The maximum absolute atomic E-state index is 12.3. The molecule has 0 spiro atoms. The lowest BCUT2D eigenvalue weighted by Crippen LogP contribution is -2.38. The van der Waals surface area contributed by atoms with Gasteiger partial charge in [0.05, 0.1) is 24.7 Å². The van der Waals surface area contributed by atoms with Gasteiger partial charge >= 0.3 is 0 Å². The zero-order chi connectivity index (χ0) is 17.9. The highest BCUT2D eigenvalue weighted by molar-refractivity contribution is 7.89. The van der Waals surface area contributed by atoms with Crippen LogP contribution >= 0.6 is 11.3 Å². The normalized spacial score (nSPS) is 21.0. The van der Waals surface area contributed by atoms with Gasteiger partial charge in [-0.3, -0.25) is 4.79 Å². The fraction of sp³-hybridized carbons (Fsp3) is 0.733. The molecule has 0 aromatic carbocycles. The number of carbonyl (C=O) groups is 1. The number of sulfonamides is 1. The average Bonchev–Trinajstić information content (AvgIpc) is 3.05. The second-order valence-corrected chi connectivity index (χ2v) is 9.33. The van der Waals surface area contributed by atoms with E-state index < -0.39 is 10.0 Å². The van der Waals surface area contributed by atoms with Crippen molar-refractivity contribution in [1.29, 1.82) is 0 Å². The van der Waals surface area contributed by atoms with Gasteiger partial charge in [-0.05, 0) is 19.9 Å². The van der Waals surface area contributed by atoms with Crippen molar-refractivity contribution in [2.45, 2.75) is 19.3 Å². The molecule has 1 aromatic heterocycles. The van der Waals surface area contributed by atoms with E-state index in [0.717, 1.165) is 50.0 Å². The lowest BCUT2D eigenvalue weighted by Gasteiger charge is -2.26. The van der Waals surface area contributed by atoms with E-state index in [1.54, 1.807) is 11.3 Å². The van der Waals surface area contributed by atoms with Gasteiger partial charge in [-0.2, -0.15) is 0 Å². The van der Waals surface area contributed by atoms with E-state index in [9.17, 15) is 13.2 Å². The standard InChI is InChI=1S/C15H24N4O4S2/c1-16-25(21,22)9-4-17-14(20)11-2-3-13-12(10-11)18-15(24-13)19-5-7-23-8-6-19/h11,16H,2-10H2,1H3,(H,17,20). The Kier molecular flexibility index (Phi) is 5.92. The van der Waals surface area contributed by atoms with Crippen molar-refractivity contribution in [2.24, 2.45) is 5.92 Å². The third-order valence-corrected chi connectivity index (χ3v) is 7.14. The number of thiazole rings is 1. The van der Waals surface area contributed by atoms with E-state index in [0.29, 0.717) is 6.42 Å². The van der Waals surface area contributed by atoms with Crippen LogP contribution in [-0.4, -0.2) is 65.0 Å². The third kappa shape index (κ3) is 4.69. The third-order valence-electron chi connectivity index (χ3n) is 4.56. The molecule has 2 aliphatic rings. The first kappa shape index (κ1) is 18.6. The monoisotopic (exact) mass is 388 g/mol. The molecule has 140 valence electrons. The zero-order valence-electron chi connectivity index (χ0n) is 14.3. The molecule has 0 saturated carbocycles. The van der Waals surface area contributed by atoms with Crippen LogP contribution in [0.3, 0.4) is 0 Å².